The van der Waals surface area contributed by atoms with Crippen LogP contribution in [0.2, 0.25) is 5.02 Å². The Morgan fingerprint density at radius 2 is 2.06 bits per heavy atom. The summed E-state index contributed by atoms with van der Waals surface area (Å²) >= 11 is 5.71. The molecule has 1 aromatic carbocycles. The zero-order valence-corrected chi connectivity index (χ0v) is 8.87. The summed E-state index contributed by atoms with van der Waals surface area (Å²) in [4.78, 5) is 7.10. The van der Waals surface area contributed by atoms with Crippen molar-refractivity contribution in [2.24, 2.45) is 0 Å². The van der Waals surface area contributed by atoms with Crippen molar-refractivity contribution in [2.45, 2.75) is 0 Å². The largest absolute Gasteiger partial charge is 0.256 e. The van der Waals surface area contributed by atoms with E-state index in [2.05, 4.69) is 9.83 Å². The minimum absolute atomic E-state index is 0.118. The first-order chi connectivity index (χ1) is 7.74. The summed E-state index contributed by atoms with van der Waals surface area (Å²) in [5.41, 5.74) is 0.613. The highest BCUT2D eigenvalue weighted by molar-refractivity contribution is 6.33. The predicted molar refractivity (Wildman–Crippen MR) is 60.9 cm³/mol. The maximum absolute atomic E-state index is 13.9. The molecule has 4 heteroatoms. The van der Waals surface area contributed by atoms with Crippen molar-refractivity contribution < 1.29 is 4.39 Å². The summed E-state index contributed by atoms with van der Waals surface area (Å²) in [5.74, 6) is -0.624. The second kappa shape index (κ2) is 4.30. The fourth-order valence-corrected chi connectivity index (χ4v) is 1.55. The van der Waals surface area contributed by atoms with Crippen LogP contribution in [0.3, 0.4) is 0 Å². The van der Waals surface area contributed by atoms with Gasteiger partial charge in [-0.25, -0.2) is 9.24 Å². The van der Waals surface area contributed by atoms with Crippen LogP contribution in [0.4, 0.5) is 10.1 Å². The van der Waals surface area contributed by atoms with E-state index in [4.69, 9.17) is 18.2 Å². The van der Waals surface area contributed by atoms with Crippen molar-refractivity contribution in [2.75, 3.05) is 0 Å². The molecule has 16 heavy (non-hydrogen) atoms. The van der Waals surface area contributed by atoms with Gasteiger partial charge in [0.2, 0.25) is 5.69 Å². The first-order valence-electron chi connectivity index (χ1n) is 4.51. The second-order valence-corrected chi connectivity index (χ2v) is 3.49. The summed E-state index contributed by atoms with van der Waals surface area (Å²) in [6.45, 7) is 6.86. The van der Waals surface area contributed by atoms with Gasteiger partial charge in [0.1, 0.15) is 5.82 Å². The molecule has 78 valence electrons. The third-order valence-corrected chi connectivity index (χ3v) is 2.42. The molecule has 0 radical (unpaired) electrons. The normalized spacial score (nSPS) is 9.81. The predicted octanol–water partition coefficient (Wildman–Crippen LogP) is 4.09. The quantitative estimate of drug-likeness (QED) is 0.677. The van der Waals surface area contributed by atoms with Crippen LogP contribution in [0.5, 0.6) is 0 Å². The number of aromatic nitrogens is 1. The number of rotatable bonds is 1. The zero-order valence-electron chi connectivity index (χ0n) is 8.11. The van der Waals surface area contributed by atoms with E-state index in [1.807, 2.05) is 0 Å². The highest BCUT2D eigenvalue weighted by Crippen LogP contribution is 2.34. The van der Waals surface area contributed by atoms with Gasteiger partial charge in [-0.2, -0.15) is 0 Å². The summed E-state index contributed by atoms with van der Waals surface area (Å²) in [7, 11) is 0. The molecule has 0 saturated carbocycles. The fourth-order valence-electron chi connectivity index (χ4n) is 1.36. The van der Waals surface area contributed by atoms with Crippen molar-refractivity contribution in [1.82, 2.24) is 4.98 Å². The molecule has 0 saturated heterocycles. The average molecular weight is 233 g/mol. The van der Waals surface area contributed by atoms with E-state index in [0.717, 1.165) is 0 Å². The van der Waals surface area contributed by atoms with Crippen molar-refractivity contribution in [3.8, 4) is 11.3 Å². The lowest BCUT2D eigenvalue weighted by atomic mass is 10.1. The van der Waals surface area contributed by atoms with Gasteiger partial charge < -0.3 is 0 Å². The molecule has 0 unspecified atom stereocenters. The molecule has 0 fully saturated rings. The molecular weight excluding hydrogens is 227 g/mol. The number of halogens is 2. The van der Waals surface area contributed by atoms with E-state index in [-0.39, 0.29) is 16.3 Å². The molecule has 1 aromatic heterocycles. The summed E-state index contributed by atoms with van der Waals surface area (Å²) < 4.78 is 13.9. The van der Waals surface area contributed by atoms with Crippen molar-refractivity contribution >= 4 is 17.3 Å². The molecular formula is C12H6ClFN2. The van der Waals surface area contributed by atoms with Gasteiger partial charge in [-0.15, -0.1) is 0 Å². The molecule has 0 aliphatic rings. The van der Waals surface area contributed by atoms with Crippen LogP contribution < -0.4 is 0 Å². The minimum Gasteiger partial charge on any atom is -0.256 e. The lowest BCUT2D eigenvalue weighted by Gasteiger charge is -2.04. The highest BCUT2D eigenvalue weighted by Gasteiger charge is 2.13. The van der Waals surface area contributed by atoms with Crippen LogP contribution in [0.1, 0.15) is 0 Å². The number of nitrogens with zero attached hydrogens (tertiary/aromatic N) is 2. The molecule has 1 heterocycles. The molecule has 2 aromatic rings. The first-order valence-corrected chi connectivity index (χ1v) is 4.88. The topological polar surface area (TPSA) is 17.2 Å². The van der Waals surface area contributed by atoms with Crippen LogP contribution in [0, 0.1) is 12.4 Å². The van der Waals surface area contributed by atoms with Crippen molar-refractivity contribution in [3.05, 3.63) is 58.8 Å². The Hall–Kier alpha value is -1.92. The summed E-state index contributed by atoms with van der Waals surface area (Å²) in [6.07, 6.45) is 1.57. The van der Waals surface area contributed by atoms with E-state index in [1.54, 1.807) is 24.4 Å². The lowest BCUT2D eigenvalue weighted by molar-refractivity contribution is 0.636. The number of benzene rings is 1. The van der Waals surface area contributed by atoms with Crippen molar-refractivity contribution in [3.63, 3.8) is 0 Å². The standard InChI is InChI=1S/C12H6ClFN2/c1-15-12-9(13)6-5-8(11(12)14)10-4-2-3-7-16-10/h2-7H. The van der Waals surface area contributed by atoms with Crippen LogP contribution in [-0.2, 0) is 0 Å². The first kappa shape index (κ1) is 10.6. The Morgan fingerprint density at radius 1 is 1.25 bits per heavy atom. The maximum Gasteiger partial charge on any atom is 0.240 e. The van der Waals surface area contributed by atoms with E-state index in [9.17, 15) is 4.39 Å². The number of hydrogen-bond donors (Lipinski definition) is 0. The van der Waals surface area contributed by atoms with E-state index >= 15 is 0 Å². The summed E-state index contributed by atoms with van der Waals surface area (Å²) in [5, 5.41) is 0.118. The molecule has 2 nitrogen and oxygen atoms in total. The van der Waals surface area contributed by atoms with Crippen molar-refractivity contribution in [1.29, 1.82) is 0 Å². The van der Waals surface area contributed by atoms with Gasteiger partial charge >= 0.3 is 0 Å². The SMILES string of the molecule is [C-]#[N+]c1c(Cl)ccc(-c2ccccn2)c1F. The highest BCUT2D eigenvalue weighted by atomic mass is 35.5. The van der Waals surface area contributed by atoms with Gasteiger partial charge in [-0.1, -0.05) is 29.8 Å². The zero-order chi connectivity index (χ0) is 11.5. The van der Waals surface area contributed by atoms with Gasteiger partial charge in [0.15, 0.2) is 0 Å². The van der Waals surface area contributed by atoms with E-state index in [1.165, 1.54) is 12.1 Å². The molecule has 0 N–H and O–H groups in total. The maximum atomic E-state index is 13.9. The monoisotopic (exact) mass is 232 g/mol. The fraction of sp³-hybridized carbons (Fsp3) is 0. The molecule has 2 rings (SSSR count). The van der Waals surface area contributed by atoms with Crippen LogP contribution in [0.25, 0.3) is 16.1 Å². The number of hydrogen-bond acceptors (Lipinski definition) is 1. The lowest BCUT2D eigenvalue weighted by Crippen LogP contribution is -1.87. The molecule has 0 bridgehead atoms. The second-order valence-electron chi connectivity index (χ2n) is 3.08. The Labute approximate surface area is 97.1 Å². The Kier molecular flexibility index (Phi) is 2.84. The third-order valence-electron chi connectivity index (χ3n) is 2.12. The third kappa shape index (κ3) is 1.75. The van der Waals surface area contributed by atoms with E-state index < -0.39 is 5.82 Å². The summed E-state index contributed by atoms with van der Waals surface area (Å²) in [6, 6.07) is 8.21. The van der Waals surface area contributed by atoms with Gasteiger partial charge in [0.05, 0.1) is 17.3 Å². The molecule has 0 amide bonds. The minimum atomic E-state index is -0.624. The Balaban J connectivity index is 2.65. The van der Waals surface area contributed by atoms with Gasteiger partial charge in [0, 0.05) is 11.8 Å². The van der Waals surface area contributed by atoms with Crippen LogP contribution in [0.15, 0.2) is 36.5 Å². The average Bonchev–Trinajstić information content (AvgIpc) is 2.31. The van der Waals surface area contributed by atoms with Gasteiger partial charge in [0.25, 0.3) is 0 Å². The van der Waals surface area contributed by atoms with E-state index in [0.29, 0.717) is 5.69 Å². The molecule has 0 atom stereocenters. The molecule has 0 aliphatic carbocycles. The molecule has 0 aliphatic heterocycles. The van der Waals surface area contributed by atoms with Gasteiger partial charge in [-0.05, 0) is 12.1 Å². The van der Waals surface area contributed by atoms with Crippen LogP contribution >= 0.6 is 11.6 Å². The Morgan fingerprint density at radius 3 is 2.69 bits per heavy atom. The number of pyridine rings is 1. The Bertz CT molecular complexity index is 561. The van der Waals surface area contributed by atoms with Crippen LogP contribution in [-0.4, -0.2) is 4.98 Å². The smallest absolute Gasteiger partial charge is 0.240 e. The molecule has 0 spiro atoms. The van der Waals surface area contributed by atoms with Gasteiger partial charge in [-0.3, -0.25) is 4.98 Å².